The number of hydrogen-bond acceptors (Lipinski definition) is 5. The van der Waals surface area contributed by atoms with Crippen molar-refractivity contribution in [3.05, 3.63) is 11.9 Å². The Morgan fingerprint density at radius 3 is 3.00 bits per heavy atom. The second-order valence-corrected chi connectivity index (χ2v) is 5.57. The minimum atomic E-state index is -0.494. The molecule has 1 unspecified atom stereocenters. The summed E-state index contributed by atoms with van der Waals surface area (Å²) in [5.74, 6) is 0. The zero-order valence-electron chi connectivity index (χ0n) is 11.5. The van der Waals surface area contributed by atoms with Crippen LogP contribution in [0.3, 0.4) is 0 Å². The Morgan fingerprint density at radius 2 is 2.37 bits per heavy atom. The number of rotatable bonds is 5. The normalized spacial score (nSPS) is 18.2. The number of hydrogen-bond donors (Lipinski definition) is 1. The molecule has 0 radical (unpaired) electrons. The van der Waals surface area contributed by atoms with Crippen LogP contribution in [0.1, 0.15) is 32.9 Å². The van der Waals surface area contributed by atoms with Gasteiger partial charge in [-0.1, -0.05) is 5.21 Å². The highest BCUT2D eigenvalue weighted by molar-refractivity contribution is 5.67. The zero-order valence-corrected chi connectivity index (χ0v) is 11.5. The number of carbonyl (C=O) groups excluding carboxylic acids is 1. The van der Waals surface area contributed by atoms with Gasteiger partial charge in [0.1, 0.15) is 11.3 Å². The molecule has 1 aromatic rings. The van der Waals surface area contributed by atoms with E-state index in [0.717, 1.165) is 19.6 Å². The van der Waals surface area contributed by atoms with Gasteiger partial charge in [0, 0.05) is 6.54 Å². The van der Waals surface area contributed by atoms with Gasteiger partial charge < -0.3 is 14.8 Å². The molecule has 19 heavy (non-hydrogen) atoms. The highest BCUT2D eigenvalue weighted by Gasteiger charge is 2.22. The molecule has 0 bridgehead atoms. The number of amides is 1. The standard InChI is InChI=1S/C12H20N4O3/c1-12(2,3)19-11(17)13-6-9-7-16(15-14-9)5-4-10-8-18-10/h7,10H,4-6,8H2,1-3H3,(H,13,17). The fourth-order valence-corrected chi connectivity index (χ4v) is 1.52. The van der Waals surface area contributed by atoms with Gasteiger partial charge in [-0.15, -0.1) is 5.10 Å². The van der Waals surface area contributed by atoms with Crippen molar-refractivity contribution in [3.63, 3.8) is 0 Å². The van der Waals surface area contributed by atoms with Crippen LogP contribution in [0.2, 0.25) is 0 Å². The lowest BCUT2D eigenvalue weighted by Gasteiger charge is -2.19. The van der Waals surface area contributed by atoms with Crippen LogP contribution in [0.25, 0.3) is 0 Å². The molecule has 0 aliphatic carbocycles. The summed E-state index contributed by atoms with van der Waals surface area (Å²) in [7, 11) is 0. The van der Waals surface area contributed by atoms with Crippen molar-refractivity contribution in [2.45, 2.75) is 52.0 Å². The van der Waals surface area contributed by atoms with Crippen LogP contribution < -0.4 is 5.32 Å². The van der Waals surface area contributed by atoms with Gasteiger partial charge in [-0.2, -0.15) is 0 Å². The molecular formula is C12H20N4O3. The summed E-state index contributed by atoms with van der Waals surface area (Å²) in [6.07, 6.45) is 2.70. The molecule has 1 amide bonds. The number of aryl methyl sites for hydroxylation is 1. The van der Waals surface area contributed by atoms with Gasteiger partial charge in [0.25, 0.3) is 0 Å². The van der Waals surface area contributed by atoms with E-state index in [0.29, 0.717) is 18.3 Å². The summed E-state index contributed by atoms with van der Waals surface area (Å²) >= 11 is 0. The maximum atomic E-state index is 11.5. The Hall–Kier alpha value is -1.63. The average Bonchev–Trinajstić information content (AvgIpc) is 3.01. The molecular weight excluding hydrogens is 248 g/mol. The van der Waals surface area contributed by atoms with Crippen LogP contribution in [-0.4, -0.2) is 39.4 Å². The smallest absolute Gasteiger partial charge is 0.407 e. The van der Waals surface area contributed by atoms with Crippen LogP contribution in [0.5, 0.6) is 0 Å². The molecule has 2 rings (SSSR count). The summed E-state index contributed by atoms with van der Waals surface area (Å²) in [6.45, 7) is 7.41. The van der Waals surface area contributed by atoms with Crippen molar-refractivity contribution in [3.8, 4) is 0 Å². The first-order chi connectivity index (χ1) is 8.92. The van der Waals surface area contributed by atoms with Crippen molar-refractivity contribution in [1.29, 1.82) is 0 Å². The van der Waals surface area contributed by atoms with Gasteiger partial charge in [-0.3, -0.25) is 4.68 Å². The summed E-state index contributed by atoms with van der Waals surface area (Å²) < 4.78 is 12.0. The van der Waals surface area contributed by atoms with Crippen molar-refractivity contribution in [1.82, 2.24) is 20.3 Å². The summed E-state index contributed by atoms with van der Waals surface area (Å²) in [6, 6.07) is 0. The second-order valence-electron chi connectivity index (χ2n) is 5.57. The van der Waals surface area contributed by atoms with E-state index in [4.69, 9.17) is 9.47 Å². The fraction of sp³-hybridized carbons (Fsp3) is 0.750. The van der Waals surface area contributed by atoms with E-state index in [1.54, 1.807) is 4.68 Å². The average molecular weight is 268 g/mol. The SMILES string of the molecule is CC(C)(C)OC(=O)NCc1cn(CCC2CO2)nn1. The fourth-order valence-electron chi connectivity index (χ4n) is 1.52. The minimum absolute atomic E-state index is 0.314. The Kier molecular flexibility index (Phi) is 4.04. The number of epoxide rings is 1. The molecule has 1 atom stereocenters. The number of carbonyl (C=O) groups is 1. The molecule has 106 valence electrons. The third-order valence-corrected chi connectivity index (χ3v) is 2.48. The van der Waals surface area contributed by atoms with E-state index in [2.05, 4.69) is 15.6 Å². The molecule has 1 fully saturated rings. The molecule has 1 aliphatic rings. The van der Waals surface area contributed by atoms with Crippen LogP contribution in [0.15, 0.2) is 6.20 Å². The summed E-state index contributed by atoms with van der Waals surface area (Å²) in [5, 5.41) is 10.6. The van der Waals surface area contributed by atoms with Crippen LogP contribution in [0.4, 0.5) is 4.79 Å². The van der Waals surface area contributed by atoms with Crippen LogP contribution in [0, 0.1) is 0 Å². The summed E-state index contributed by atoms with van der Waals surface area (Å²) in [4.78, 5) is 11.5. The van der Waals surface area contributed by atoms with Gasteiger partial charge >= 0.3 is 6.09 Å². The van der Waals surface area contributed by atoms with Crippen molar-refractivity contribution >= 4 is 6.09 Å². The Morgan fingerprint density at radius 1 is 1.63 bits per heavy atom. The van der Waals surface area contributed by atoms with Crippen LogP contribution >= 0.6 is 0 Å². The second kappa shape index (κ2) is 5.56. The van der Waals surface area contributed by atoms with Gasteiger partial charge in [0.2, 0.25) is 0 Å². The van der Waals surface area contributed by atoms with E-state index in [1.165, 1.54) is 0 Å². The highest BCUT2D eigenvalue weighted by Crippen LogP contribution is 2.13. The van der Waals surface area contributed by atoms with Crippen molar-refractivity contribution < 1.29 is 14.3 Å². The van der Waals surface area contributed by atoms with Crippen molar-refractivity contribution in [2.75, 3.05) is 6.61 Å². The lowest BCUT2D eigenvalue weighted by molar-refractivity contribution is 0.0523. The molecule has 0 aromatic carbocycles. The lowest BCUT2D eigenvalue weighted by Crippen LogP contribution is -2.32. The Labute approximate surface area is 112 Å². The molecule has 7 heteroatoms. The molecule has 0 spiro atoms. The quantitative estimate of drug-likeness (QED) is 0.808. The molecule has 1 saturated heterocycles. The Balaban J connectivity index is 1.71. The van der Waals surface area contributed by atoms with Crippen LogP contribution in [-0.2, 0) is 22.6 Å². The monoisotopic (exact) mass is 268 g/mol. The maximum Gasteiger partial charge on any atom is 0.407 e. The largest absolute Gasteiger partial charge is 0.444 e. The van der Waals surface area contributed by atoms with Gasteiger partial charge in [0.05, 0.1) is 25.5 Å². The van der Waals surface area contributed by atoms with E-state index >= 15 is 0 Å². The predicted molar refractivity (Wildman–Crippen MR) is 67.5 cm³/mol. The molecule has 1 aromatic heterocycles. The van der Waals surface area contributed by atoms with E-state index in [-0.39, 0.29) is 0 Å². The molecule has 7 nitrogen and oxygen atoms in total. The summed E-state index contributed by atoms with van der Waals surface area (Å²) in [5.41, 5.74) is 0.217. The van der Waals surface area contributed by atoms with Gasteiger partial charge in [-0.25, -0.2) is 4.79 Å². The number of nitrogens with one attached hydrogen (secondary N) is 1. The number of aromatic nitrogens is 3. The topological polar surface area (TPSA) is 81.6 Å². The number of ether oxygens (including phenoxy) is 2. The first kappa shape index (κ1) is 13.8. The van der Waals surface area contributed by atoms with Gasteiger partial charge in [-0.05, 0) is 27.2 Å². The Bertz CT molecular complexity index is 434. The van der Waals surface area contributed by atoms with Gasteiger partial charge in [0.15, 0.2) is 0 Å². The molecule has 1 aliphatic heterocycles. The highest BCUT2D eigenvalue weighted by atomic mass is 16.6. The third-order valence-electron chi connectivity index (χ3n) is 2.48. The first-order valence-corrected chi connectivity index (χ1v) is 6.40. The third kappa shape index (κ3) is 5.25. The number of nitrogens with zero attached hydrogens (tertiary/aromatic N) is 3. The first-order valence-electron chi connectivity index (χ1n) is 6.40. The predicted octanol–water partition coefficient (Wildman–Crippen LogP) is 1.09. The lowest BCUT2D eigenvalue weighted by atomic mass is 10.2. The molecule has 1 N–H and O–H groups in total. The minimum Gasteiger partial charge on any atom is -0.444 e. The van der Waals surface area contributed by atoms with Crippen molar-refractivity contribution in [2.24, 2.45) is 0 Å². The maximum absolute atomic E-state index is 11.5. The molecule has 0 saturated carbocycles. The van der Waals surface area contributed by atoms with E-state index in [1.807, 2.05) is 27.0 Å². The molecule has 2 heterocycles. The van der Waals surface area contributed by atoms with E-state index in [9.17, 15) is 4.79 Å². The number of alkyl carbamates (subject to hydrolysis) is 1. The zero-order chi connectivity index (χ0) is 13.9. The van der Waals surface area contributed by atoms with E-state index < -0.39 is 11.7 Å².